The van der Waals surface area contributed by atoms with Crippen LogP contribution < -0.4 is 14.8 Å². The summed E-state index contributed by atoms with van der Waals surface area (Å²) in [6.07, 6.45) is 1.27. The number of aryl methyl sites for hydroxylation is 1. The first-order valence-corrected chi connectivity index (χ1v) is 12.3. The third-order valence-corrected chi connectivity index (χ3v) is 6.86. The van der Waals surface area contributed by atoms with Crippen molar-refractivity contribution in [2.75, 3.05) is 33.0 Å². The lowest BCUT2D eigenvalue weighted by molar-refractivity contribution is -0.134. The molecule has 35 heavy (non-hydrogen) atoms. The van der Waals surface area contributed by atoms with Crippen LogP contribution in [0.2, 0.25) is 0 Å². The van der Waals surface area contributed by atoms with E-state index in [0.29, 0.717) is 61.6 Å². The highest BCUT2D eigenvalue weighted by Gasteiger charge is 2.36. The molecule has 186 valence electrons. The summed E-state index contributed by atoms with van der Waals surface area (Å²) in [6.45, 7) is 8.20. The first-order chi connectivity index (χ1) is 16.9. The zero-order valence-corrected chi connectivity index (χ0v) is 20.6. The standard InChI is InChI=1S/C27H33N3O5/c1-4-29(5-2)27(33)24(28-25(31)21-10-11-22-23(16-21)35-17-34-22)19-12-14-30(15-13-19)26(32)20-8-6-18(3)7-9-20/h6-11,16,19,24H,4-5,12-15,17H2,1-3H3,(H,28,31)/t24-/m0/s1. The number of benzene rings is 2. The lowest BCUT2D eigenvalue weighted by Crippen LogP contribution is -2.54. The second-order valence-corrected chi connectivity index (χ2v) is 9.03. The molecule has 3 amide bonds. The van der Waals surface area contributed by atoms with Crippen LogP contribution in [0.1, 0.15) is 53.0 Å². The Labute approximate surface area is 206 Å². The minimum Gasteiger partial charge on any atom is -0.454 e. The number of nitrogens with one attached hydrogen (secondary N) is 1. The molecule has 1 saturated heterocycles. The molecule has 8 nitrogen and oxygen atoms in total. The minimum atomic E-state index is -0.663. The molecule has 2 aromatic carbocycles. The van der Waals surface area contributed by atoms with E-state index >= 15 is 0 Å². The van der Waals surface area contributed by atoms with Crippen molar-refractivity contribution in [3.05, 3.63) is 59.2 Å². The molecule has 2 aliphatic rings. The molecule has 2 aliphatic heterocycles. The van der Waals surface area contributed by atoms with Gasteiger partial charge < -0.3 is 24.6 Å². The fourth-order valence-electron chi connectivity index (χ4n) is 4.69. The molecule has 2 aromatic rings. The van der Waals surface area contributed by atoms with Gasteiger partial charge in [0.05, 0.1) is 0 Å². The smallest absolute Gasteiger partial charge is 0.253 e. The van der Waals surface area contributed by atoms with Gasteiger partial charge in [0.1, 0.15) is 6.04 Å². The second kappa shape index (κ2) is 10.8. The molecule has 0 spiro atoms. The zero-order chi connectivity index (χ0) is 24.9. The minimum absolute atomic E-state index is 0.000495. The lowest BCUT2D eigenvalue weighted by Gasteiger charge is -2.37. The molecule has 1 N–H and O–H groups in total. The average molecular weight is 480 g/mol. The summed E-state index contributed by atoms with van der Waals surface area (Å²) >= 11 is 0. The SMILES string of the molecule is CCN(CC)C(=O)[C@@H](NC(=O)c1ccc2c(c1)OCO2)C1CCN(C(=O)c2ccc(C)cc2)CC1. The molecular formula is C27H33N3O5. The molecule has 2 heterocycles. The Bertz CT molecular complexity index is 1070. The zero-order valence-electron chi connectivity index (χ0n) is 20.6. The van der Waals surface area contributed by atoms with Crippen LogP contribution in [0.5, 0.6) is 11.5 Å². The van der Waals surface area contributed by atoms with Gasteiger partial charge in [-0.05, 0) is 69.9 Å². The van der Waals surface area contributed by atoms with Gasteiger partial charge in [-0.3, -0.25) is 14.4 Å². The van der Waals surface area contributed by atoms with Crippen LogP contribution in [0, 0.1) is 12.8 Å². The molecule has 0 aromatic heterocycles. The van der Waals surface area contributed by atoms with Gasteiger partial charge in [-0.15, -0.1) is 0 Å². The van der Waals surface area contributed by atoms with Crippen molar-refractivity contribution >= 4 is 17.7 Å². The summed E-state index contributed by atoms with van der Waals surface area (Å²) in [4.78, 5) is 43.1. The number of carbonyl (C=O) groups excluding carboxylic acids is 3. The second-order valence-electron chi connectivity index (χ2n) is 9.03. The number of carbonyl (C=O) groups is 3. The predicted octanol–water partition coefficient (Wildman–Crippen LogP) is 3.24. The van der Waals surface area contributed by atoms with E-state index in [-0.39, 0.29) is 30.4 Å². The summed E-state index contributed by atoms with van der Waals surface area (Å²) < 4.78 is 10.7. The molecule has 0 radical (unpaired) electrons. The fourth-order valence-corrected chi connectivity index (χ4v) is 4.69. The lowest BCUT2D eigenvalue weighted by atomic mass is 9.87. The van der Waals surface area contributed by atoms with Crippen LogP contribution in [0.15, 0.2) is 42.5 Å². The number of nitrogens with zero attached hydrogens (tertiary/aromatic N) is 2. The Morgan fingerprint density at radius 3 is 2.26 bits per heavy atom. The molecule has 4 rings (SSSR count). The summed E-state index contributed by atoms with van der Waals surface area (Å²) in [5.41, 5.74) is 2.19. The Morgan fingerprint density at radius 2 is 1.60 bits per heavy atom. The van der Waals surface area contributed by atoms with Gasteiger partial charge in [-0.1, -0.05) is 17.7 Å². The van der Waals surface area contributed by atoms with E-state index in [1.807, 2.05) is 49.9 Å². The van der Waals surface area contributed by atoms with Crippen molar-refractivity contribution in [3.63, 3.8) is 0 Å². The van der Waals surface area contributed by atoms with Gasteiger partial charge >= 0.3 is 0 Å². The number of amides is 3. The Balaban J connectivity index is 1.47. The molecule has 0 unspecified atom stereocenters. The van der Waals surface area contributed by atoms with E-state index in [0.717, 1.165) is 5.56 Å². The summed E-state index contributed by atoms with van der Waals surface area (Å²) in [5.74, 6) is 0.636. The molecule has 8 heteroatoms. The Hall–Kier alpha value is -3.55. The van der Waals surface area contributed by atoms with Crippen LogP contribution in [-0.2, 0) is 4.79 Å². The number of piperidine rings is 1. The first kappa shape index (κ1) is 24.6. The molecular weight excluding hydrogens is 446 g/mol. The summed E-state index contributed by atoms with van der Waals surface area (Å²) in [7, 11) is 0. The highest BCUT2D eigenvalue weighted by atomic mass is 16.7. The third kappa shape index (κ3) is 5.42. The first-order valence-electron chi connectivity index (χ1n) is 12.3. The molecule has 0 saturated carbocycles. The van der Waals surface area contributed by atoms with Crippen molar-refractivity contribution < 1.29 is 23.9 Å². The van der Waals surface area contributed by atoms with E-state index in [1.54, 1.807) is 23.1 Å². The van der Waals surface area contributed by atoms with E-state index < -0.39 is 6.04 Å². The quantitative estimate of drug-likeness (QED) is 0.659. The molecule has 1 atom stereocenters. The normalized spacial score (nSPS) is 16.0. The van der Waals surface area contributed by atoms with E-state index in [2.05, 4.69) is 5.32 Å². The van der Waals surface area contributed by atoms with Crippen LogP contribution in [0.3, 0.4) is 0 Å². The highest BCUT2D eigenvalue weighted by Crippen LogP contribution is 2.32. The van der Waals surface area contributed by atoms with Crippen LogP contribution in [-0.4, -0.2) is 66.5 Å². The highest BCUT2D eigenvalue weighted by molar-refractivity contribution is 5.98. The van der Waals surface area contributed by atoms with Crippen LogP contribution in [0.25, 0.3) is 0 Å². The number of rotatable bonds is 7. The number of hydrogen-bond donors (Lipinski definition) is 1. The average Bonchev–Trinajstić information content (AvgIpc) is 3.36. The molecule has 0 aliphatic carbocycles. The Morgan fingerprint density at radius 1 is 0.971 bits per heavy atom. The topological polar surface area (TPSA) is 88.2 Å². The maximum absolute atomic E-state index is 13.4. The molecule has 1 fully saturated rings. The van der Waals surface area contributed by atoms with E-state index in [9.17, 15) is 14.4 Å². The third-order valence-electron chi connectivity index (χ3n) is 6.86. The number of likely N-dealkylation sites (N-methyl/N-ethyl adjacent to an activating group) is 1. The van der Waals surface area contributed by atoms with Crippen LogP contribution >= 0.6 is 0 Å². The fraction of sp³-hybridized carbons (Fsp3) is 0.444. The summed E-state index contributed by atoms with van der Waals surface area (Å²) in [5, 5.41) is 3.00. The maximum Gasteiger partial charge on any atom is 0.253 e. The number of fused-ring (bicyclic) bond motifs is 1. The van der Waals surface area contributed by atoms with Crippen molar-refractivity contribution in [1.29, 1.82) is 0 Å². The predicted molar refractivity (Wildman–Crippen MR) is 132 cm³/mol. The number of hydrogen-bond acceptors (Lipinski definition) is 5. The van der Waals surface area contributed by atoms with Gasteiger partial charge in [0.25, 0.3) is 11.8 Å². The van der Waals surface area contributed by atoms with Gasteiger partial charge in [-0.2, -0.15) is 0 Å². The van der Waals surface area contributed by atoms with Gasteiger partial charge in [0.15, 0.2) is 11.5 Å². The van der Waals surface area contributed by atoms with Crippen LogP contribution in [0.4, 0.5) is 0 Å². The van der Waals surface area contributed by atoms with Gasteiger partial charge in [0.2, 0.25) is 12.7 Å². The monoisotopic (exact) mass is 479 g/mol. The van der Waals surface area contributed by atoms with Crippen molar-refractivity contribution in [3.8, 4) is 11.5 Å². The summed E-state index contributed by atoms with van der Waals surface area (Å²) in [6, 6.07) is 11.9. The van der Waals surface area contributed by atoms with Crippen molar-refractivity contribution in [2.24, 2.45) is 5.92 Å². The van der Waals surface area contributed by atoms with Crippen molar-refractivity contribution in [2.45, 2.75) is 39.7 Å². The van der Waals surface area contributed by atoms with E-state index in [4.69, 9.17) is 9.47 Å². The van der Waals surface area contributed by atoms with Gasteiger partial charge in [-0.25, -0.2) is 0 Å². The Kier molecular flexibility index (Phi) is 7.58. The van der Waals surface area contributed by atoms with E-state index in [1.165, 1.54) is 0 Å². The molecule has 0 bridgehead atoms. The van der Waals surface area contributed by atoms with Gasteiger partial charge in [0, 0.05) is 37.3 Å². The largest absolute Gasteiger partial charge is 0.454 e. The maximum atomic E-state index is 13.4. The van der Waals surface area contributed by atoms with Crippen molar-refractivity contribution in [1.82, 2.24) is 15.1 Å². The number of ether oxygens (including phenoxy) is 2. The number of likely N-dealkylation sites (tertiary alicyclic amines) is 1.